The van der Waals surface area contributed by atoms with Crippen molar-refractivity contribution in [3.05, 3.63) is 24.3 Å². The van der Waals surface area contributed by atoms with Gasteiger partial charge in [-0.2, -0.15) is 0 Å². The third kappa shape index (κ3) is 2.69. The molecule has 1 aliphatic rings. The average molecular weight is 253 g/mol. The highest BCUT2D eigenvalue weighted by atomic mass is 32.2. The average Bonchev–Trinajstić information content (AvgIpc) is 2.86. The highest BCUT2D eigenvalue weighted by molar-refractivity contribution is 7.85. The van der Waals surface area contributed by atoms with E-state index in [1.54, 1.807) is 7.11 Å². The predicted molar refractivity (Wildman–Crippen MR) is 69.6 cm³/mol. The van der Waals surface area contributed by atoms with E-state index >= 15 is 0 Å². The number of rotatable bonds is 4. The van der Waals surface area contributed by atoms with E-state index < -0.39 is 10.8 Å². The Morgan fingerprint density at radius 2 is 2.06 bits per heavy atom. The van der Waals surface area contributed by atoms with Gasteiger partial charge in [-0.05, 0) is 49.6 Å². The summed E-state index contributed by atoms with van der Waals surface area (Å²) in [6.45, 7) is 0.645. The Morgan fingerprint density at radius 1 is 1.35 bits per heavy atom. The molecule has 2 N–H and O–H groups in total. The second kappa shape index (κ2) is 5.65. The number of hydrogen-bond donors (Lipinski definition) is 1. The Balaban J connectivity index is 2.13. The SMILES string of the molecule is COc1ccc(S(=O)C2CCCC2CN)cc1. The summed E-state index contributed by atoms with van der Waals surface area (Å²) in [4.78, 5) is 0.885. The summed E-state index contributed by atoms with van der Waals surface area (Å²) in [5, 5.41) is 0.230. The summed E-state index contributed by atoms with van der Waals surface area (Å²) < 4.78 is 17.5. The van der Waals surface area contributed by atoms with Gasteiger partial charge in [0, 0.05) is 10.1 Å². The summed E-state index contributed by atoms with van der Waals surface area (Å²) >= 11 is 0. The zero-order chi connectivity index (χ0) is 12.3. The number of ether oxygens (including phenoxy) is 1. The van der Waals surface area contributed by atoms with Gasteiger partial charge in [-0.3, -0.25) is 4.21 Å². The van der Waals surface area contributed by atoms with Crippen LogP contribution in [-0.2, 0) is 10.8 Å². The minimum absolute atomic E-state index is 0.230. The van der Waals surface area contributed by atoms with Crippen LogP contribution in [0.25, 0.3) is 0 Å². The topological polar surface area (TPSA) is 52.3 Å². The Kier molecular flexibility index (Phi) is 4.18. The van der Waals surface area contributed by atoms with Gasteiger partial charge < -0.3 is 10.5 Å². The molecule has 1 aromatic rings. The lowest BCUT2D eigenvalue weighted by atomic mass is 10.1. The van der Waals surface area contributed by atoms with Crippen LogP contribution in [0.3, 0.4) is 0 Å². The minimum atomic E-state index is -0.934. The molecule has 3 unspecified atom stereocenters. The Bertz CT molecular complexity index is 391. The summed E-state index contributed by atoms with van der Waals surface area (Å²) in [5.41, 5.74) is 5.73. The first kappa shape index (κ1) is 12.6. The third-order valence-corrected chi connectivity index (χ3v) is 5.37. The molecule has 3 atom stereocenters. The number of hydrogen-bond acceptors (Lipinski definition) is 3. The molecule has 2 rings (SSSR count). The molecule has 17 heavy (non-hydrogen) atoms. The lowest BCUT2D eigenvalue weighted by Crippen LogP contribution is -2.26. The zero-order valence-corrected chi connectivity index (χ0v) is 10.9. The first-order valence-electron chi connectivity index (χ1n) is 6.01. The summed E-state index contributed by atoms with van der Waals surface area (Å²) in [6.07, 6.45) is 3.29. The quantitative estimate of drug-likeness (QED) is 0.892. The zero-order valence-electron chi connectivity index (χ0n) is 10.1. The van der Waals surface area contributed by atoms with Crippen molar-refractivity contribution in [2.24, 2.45) is 11.7 Å². The lowest BCUT2D eigenvalue weighted by Gasteiger charge is -2.17. The fourth-order valence-corrected chi connectivity index (χ4v) is 4.17. The molecule has 94 valence electrons. The molecule has 0 amide bonds. The van der Waals surface area contributed by atoms with Gasteiger partial charge in [-0.15, -0.1) is 0 Å². The molecule has 1 fully saturated rings. The normalized spacial score (nSPS) is 25.8. The Labute approximate surface area is 105 Å². The molecule has 0 aromatic heterocycles. The Hall–Kier alpha value is -0.870. The van der Waals surface area contributed by atoms with Gasteiger partial charge in [0.25, 0.3) is 0 Å². The molecule has 0 saturated heterocycles. The molecule has 1 aromatic carbocycles. The molecule has 0 radical (unpaired) electrons. The van der Waals surface area contributed by atoms with Crippen LogP contribution in [0.5, 0.6) is 5.75 Å². The maximum absolute atomic E-state index is 12.4. The first-order valence-corrected chi connectivity index (χ1v) is 7.22. The maximum Gasteiger partial charge on any atom is 0.118 e. The number of methoxy groups -OCH3 is 1. The summed E-state index contributed by atoms with van der Waals surface area (Å²) in [6, 6.07) is 7.50. The molecular weight excluding hydrogens is 234 g/mol. The van der Waals surface area contributed by atoms with Gasteiger partial charge >= 0.3 is 0 Å². The van der Waals surface area contributed by atoms with Crippen LogP contribution in [0.1, 0.15) is 19.3 Å². The fourth-order valence-electron chi connectivity index (χ4n) is 2.44. The van der Waals surface area contributed by atoms with E-state index in [9.17, 15) is 4.21 Å². The van der Waals surface area contributed by atoms with Crippen molar-refractivity contribution >= 4 is 10.8 Å². The third-order valence-electron chi connectivity index (χ3n) is 3.46. The smallest absolute Gasteiger partial charge is 0.118 e. The first-order chi connectivity index (χ1) is 8.26. The van der Waals surface area contributed by atoms with Crippen molar-refractivity contribution in [1.82, 2.24) is 0 Å². The van der Waals surface area contributed by atoms with Gasteiger partial charge in [0.15, 0.2) is 0 Å². The molecule has 3 nitrogen and oxygen atoms in total. The molecule has 1 aliphatic carbocycles. The highest BCUT2D eigenvalue weighted by Gasteiger charge is 2.31. The summed E-state index contributed by atoms with van der Waals surface area (Å²) in [5.74, 6) is 1.21. The fraction of sp³-hybridized carbons (Fsp3) is 0.538. The Morgan fingerprint density at radius 3 is 2.65 bits per heavy atom. The molecule has 0 heterocycles. The van der Waals surface area contributed by atoms with Crippen LogP contribution in [0, 0.1) is 5.92 Å². The van der Waals surface area contributed by atoms with Gasteiger partial charge in [-0.25, -0.2) is 0 Å². The van der Waals surface area contributed by atoms with Crippen molar-refractivity contribution in [3.8, 4) is 5.75 Å². The van der Waals surface area contributed by atoms with Crippen LogP contribution < -0.4 is 10.5 Å². The second-order valence-corrected chi connectivity index (χ2v) is 6.11. The van der Waals surface area contributed by atoms with E-state index in [2.05, 4.69) is 0 Å². The van der Waals surface area contributed by atoms with E-state index in [1.165, 1.54) is 0 Å². The van der Waals surface area contributed by atoms with Gasteiger partial charge in [0.1, 0.15) is 5.75 Å². The predicted octanol–water partition coefficient (Wildman–Crippen LogP) is 1.93. The molecule has 1 saturated carbocycles. The van der Waals surface area contributed by atoms with Crippen molar-refractivity contribution < 1.29 is 8.95 Å². The van der Waals surface area contributed by atoms with E-state index in [-0.39, 0.29) is 5.25 Å². The monoisotopic (exact) mass is 253 g/mol. The largest absolute Gasteiger partial charge is 0.497 e. The summed E-state index contributed by atoms with van der Waals surface area (Å²) in [7, 11) is 0.698. The molecule has 0 spiro atoms. The maximum atomic E-state index is 12.4. The van der Waals surface area contributed by atoms with Crippen LogP contribution >= 0.6 is 0 Å². The molecule has 0 bridgehead atoms. The molecule has 0 aliphatic heterocycles. The minimum Gasteiger partial charge on any atom is -0.497 e. The van der Waals surface area contributed by atoms with Crippen LogP contribution in [0.4, 0.5) is 0 Å². The van der Waals surface area contributed by atoms with Crippen molar-refractivity contribution in [2.45, 2.75) is 29.4 Å². The highest BCUT2D eigenvalue weighted by Crippen LogP contribution is 2.32. The molecule has 4 heteroatoms. The van der Waals surface area contributed by atoms with Crippen LogP contribution in [0.2, 0.25) is 0 Å². The van der Waals surface area contributed by atoms with Gasteiger partial charge in [-0.1, -0.05) is 6.42 Å². The van der Waals surface area contributed by atoms with Crippen LogP contribution in [0.15, 0.2) is 29.2 Å². The van der Waals surface area contributed by atoms with E-state index in [1.807, 2.05) is 24.3 Å². The standard InChI is InChI=1S/C13H19NO2S/c1-16-11-5-7-12(8-6-11)17(15)13-4-2-3-10(13)9-14/h5-8,10,13H,2-4,9,14H2,1H3. The van der Waals surface area contributed by atoms with E-state index in [0.717, 1.165) is 29.9 Å². The molecular formula is C13H19NO2S. The number of benzene rings is 1. The van der Waals surface area contributed by atoms with Crippen LogP contribution in [-0.4, -0.2) is 23.1 Å². The van der Waals surface area contributed by atoms with E-state index in [4.69, 9.17) is 10.5 Å². The van der Waals surface area contributed by atoms with E-state index in [0.29, 0.717) is 12.5 Å². The second-order valence-electron chi connectivity index (χ2n) is 4.44. The van der Waals surface area contributed by atoms with Gasteiger partial charge in [0.05, 0.1) is 17.9 Å². The number of nitrogens with two attached hydrogens (primary N) is 1. The van der Waals surface area contributed by atoms with Crippen molar-refractivity contribution in [2.75, 3.05) is 13.7 Å². The lowest BCUT2D eigenvalue weighted by molar-refractivity contribution is 0.414. The van der Waals surface area contributed by atoms with Crippen molar-refractivity contribution in [1.29, 1.82) is 0 Å². The van der Waals surface area contributed by atoms with Gasteiger partial charge in [0.2, 0.25) is 0 Å². The van der Waals surface area contributed by atoms with Crippen molar-refractivity contribution in [3.63, 3.8) is 0 Å².